The van der Waals surface area contributed by atoms with E-state index in [-0.39, 0.29) is 25.5 Å². The summed E-state index contributed by atoms with van der Waals surface area (Å²) in [7, 11) is 0. The zero-order valence-electron chi connectivity index (χ0n) is 14.0. The molecule has 0 aliphatic heterocycles. The standard InChI is InChI=1S/C17H21NO6/c1-4-22-15(19)11-14(17(21)24-6-3)18-13-9-7-8-12(10-13)16(20)23-5-2/h7-11,18H,4-6H2,1-3H3. The van der Waals surface area contributed by atoms with Crippen LogP contribution in [0, 0.1) is 0 Å². The molecule has 0 saturated heterocycles. The van der Waals surface area contributed by atoms with Gasteiger partial charge >= 0.3 is 17.9 Å². The van der Waals surface area contributed by atoms with E-state index < -0.39 is 17.9 Å². The van der Waals surface area contributed by atoms with Crippen molar-refractivity contribution in [3.63, 3.8) is 0 Å². The molecule has 0 atom stereocenters. The summed E-state index contributed by atoms with van der Waals surface area (Å²) in [4.78, 5) is 35.3. The van der Waals surface area contributed by atoms with Gasteiger partial charge in [-0.25, -0.2) is 14.4 Å². The quantitative estimate of drug-likeness (QED) is 0.443. The summed E-state index contributed by atoms with van der Waals surface area (Å²) in [6, 6.07) is 6.36. The third-order valence-electron chi connectivity index (χ3n) is 2.70. The monoisotopic (exact) mass is 335 g/mol. The van der Waals surface area contributed by atoms with Crippen LogP contribution in [-0.2, 0) is 23.8 Å². The predicted octanol–water partition coefficient (Wildman–Crippen LogP) is 2.29. The molecule has 24 heavy (non-hydrogen) atoms. The number of anilines is 1. The highest BCUT2D eigenvalue weighted by atomic mass is 16.5. The van der Waals surface area contributed by atoms with Crippen LogP contribution < -0.4 is 5.32 Å². The van der Waals surface area contributed by atoms with Crippen LogP contribution in [-0.4, -0.2) is 37.7 Å². The Kier molecular flexibility index (Phi) is 8.04. The van der Waals surface area contributed by atoms with Gasteiger partial charge in [0.05, 0.1) is 31.5 Å². The van der Waals surface area contributed by atoms with E-state index in [9.17, 15) is 14.4 Å². The van der Waals surface area contributed by atoms with Crippen molar-refractivity contribution in [2.24, 2.45) is 0 Å². The van der Waals surface area contributed by atoms with Crippen LogP contribution in [0.15, 0.2) is 36.0 Å². The minimum atomic E-state index is -0.702. The van der Waals surface area contributed by atoms with Gasteiger partial charge in [-0.2, -0.15) is 0 Å². The van der Waals surface area contributed by atoms with Gasteiger partial charge in [0.15, 0.2) is 0 Å². The summed E-state index contributed by atoms with van der Waals surface area (Å²) in [6.07, 6.45) is 1.01. The summed E-state index contributed by atoms with van der Waals surface area (Å²) in [5.41, 5.74) is 0.668. The highest BCUT2D eigenvalue weighted by molar-refractivity contribution is 5.99. The third kappa shape index (κ3) is 6.12. The fourth-order valence-electron chi connectivity index (χ4n) is 1.75. The summed E-state index contributed by atoms with van der Waals surface area (Å²) >= 11 is 0. The fraction of sp³-hybridized carbons (Fsp3) is 0.353. The molecule has 0 radical (unpaired) electrons. The van der Waals surface area contributed by atoms with Crippen LogP contribution >= 0.6 is 0 Å². The van der Waals surface area contributed by atoms with E-state index in [1.54, 1.807) is 39.0 Å². The lowest BCUT2D eigenvalue weighted by Crippen LogP contribution is -2.17. The van der Waals surface area contributed by atoms with E-state index in [4.69, 9.17) is 14.2 Å². The van der Waals surface area contributed by atoms with Gasteiger partial charge in [-0.15, -0.1) is 0 Å². The van der Waals surface area contributed by atoms with E-state index in [2.05, 4.69) is 5.32 Å². The van der Waals surface area contributed by atoms with Gasteiger partial charge in [0.1, 0.15) is 5.70 Å². The Morgan fingerprint density at radius 1 is 1.00 bits per heavy atom. The Balaban J connectivity index is 3.01. The van der Waals surface area contributed by atoms with Gasteiger partial charge < -0.3 is 19.5 Å². The maximum absolute atomic E-state index is 12.0. The SMILES string of the molecule is CCOC(=O)C=C(Nc1cccc(C(=O)OCC)c1)C(=O)OCC. The number of rotatable bonds is 8. The largest absolute Gasteiger partial charge is 0.463 e. The highest BCUT2D eigenvalue weighted by Gasteiger charge is 2.15. The van der Waals surface area contributed by atoms with Crippen LogP contribution in [0.3, 0.4) is 0 Å². The van der Waals surface area contributed by atoms with Gasteiger partial charge in [-0.3, -0.25) is 0 Å². The van der Waals surface area contributed by atoms with Gasteiger partial charge in [0.25, 0.3) is 0 Å². The maximum Gasteiger partial charge on any atom is 0.355 e. The normalized spacial score (nSPS) is 10.7. The van der Waals surface area contributed by atoms with Crippen molar-refractivity contribution in [3.8, 4) is 0 Å². The first-order valence-corrected chi connectivity index (χ1v) is 7.61. The minimum Gasteiger partial charge on any atom is -0.463 e. The molecule has 0 bridgehead atoms. The second-order valence-electron chi connectivity index (χ2n) is 4.46. The van der Waals surface area contributed by atoms with Gasteiger partial charge in [-0.05, 0) is 39.0 Å². The number of carbonyl (C=O) groups is 3. The molecule has 0 aromatic heterocycles. The Labute approximate surface area is 140 Å². The molecule has 7 nitrogen and oxygen atoms in total. The van der Waals surface area contributed by atoms with Crippen LogP contribution in [0.1, 0.15) is 31.1 Å². The summed E-state index contributed by atoms with van der Waals surface area (Å²) in [5.74, 6) is -1.85. The summed E-state index contributed by atoms with van der Waals surface area (Å²) < 4.78 is 14.6. The third-order valence-corrected chi connectivity index (χ3v) is 2.70. The first-order valence-electron chi connectivity index (χ1n) is 7.61. The average molecular weight is 335 g/mol. The molecule has 0 aliphatic carbocycles. The lowest BCUT2D eigenvalue weighted by molar-refractivity contribution is -0.140. The molecule has 0 saturated carbocycles. The van der Waals surface area contributed by atoms with Gasteiger partial charge in [-0.1, -0.05) is 6.07 Å². The second kappa shape index (κ2) is 10.0. The van der Waals surface area contributed by atoms with Crippen molar-refractivity contribution >= 4 is 23.6 Å². The fourth-order valence-corrected chi connectivity index (χ4v) is 1.75. The van der Waals surface area contributed by atoms with E-state index in [1.165, 1.54) is 6.07 Å². The molecule has 0 heterocycles. The Morgan fingerprint density at radius 3 is 2.29 bits per heavy atom. The van der Waals surface area contributed by atoms with Crippen molar-refractivity contribution in [3.05, 3.63) is 41.6 Å². The minimum absolute atomic E-state index is 0.0868. The lowest BCUT2D eigenvalue weighted by atomic mass is 10.2. The first kappa shape index (κ1) is 19.2. The number of carbonyl (C=O) groups excluding carboxylic acids is 3. The predicted molar refractivity (Wildman–Crippen MR) is 87.4 cm³/mol. The van der Waals surface area contributed by atoms with Crippen LogP contribution in [0.4, 0.5) is 5.69 Å². The zero-order chi connectivity index (χ0) is 17.9. The Hall–Kier alpha value is -2.83. The molecule has 7 heteroatoms. The highest BCUT2D eigenvalue weighted by Crippen LogP contribution is 2.15. The van der Waals surface area contributed by atoms with Crippen molar-refractivity contribution in [2.75, 3.05) is 25.1 Å². The average Bonchev–Trinajstić information content (AvgIpc) is 2.55. The van der Waals surface area contributed by atoms with Crippen molar-refractivity contribution in [2.45, 2.75) is 20.8 Å². The molecular formula is C17H21NO6. The summed E-state index contributed by atoms with van der Waals surface area (Å²) in [5, 5.41) is 2.77. The molecule has 0 aliphatic rings. The zero-order valence-corrected chi connectivity index (χ0v) is 14.0. The molecule has 0 amide bonds. The molecule has 1 aromatic rings. The maximum atomic E-state index is 12.0. The van der Waals surface area contributed by atoms with Crippen LogP contribution in [0.2, 0.25) is 0 Å². The van der Waals surface area contributed by atoms with Crippen LogP contribution in [0.5, 0.6) is 0 Å². The smallest absolute Gasteiger partial charge is 0.355 e. The number of hydrogen-bond acceptors (Lipinski definition) is 7. The number of ether oxygens (including phenoxy) is 3. The first-order chi connectivity index (χ1) is 11.5. The topological polar surface area (TPSA) is 90.9 Å². The van der Waals surface area contributed by atoms with E-state index in [0.29, 0.717) is 11.3 Å². The molecular weight excluding hydrogens is 314 g/mol. The molecule has 0 spiro atoms. The molecule has 130 valence electrons. The van der Waals surface area contributed by atoms with Crippen molar-refractivity contribution in [1.29, 1.82) is 0 Å². The Morgan fingerprint density at radius 2 is 1.67 bits per heavy atom. The van der Waals surface area contributed by atoms with Crippen LogP contribution in [0.25, 0.3) is 0 Å². The van der Waals surface area contributed by atoms with E-state index >= 15 is 0 Å². The number of nitrogens with one attached hydrogen (secondary N) is 1. The van der Waals surface area contributed by atoms with E-state index in [1.807, 2.05) is 0 Å². The lowest BCUT2D eigenvalue weighted by Gasteiger charge is -2.11. The molecule has 0 fully saturated rings. The van der Waals surface area contributed by atoms with Crippen molar-refractivity contribution in [1.82, 2.24) is 0 Å². The number of hydrogen-bond donors (Lipinski definition) is 1. The number of benzene rings is 1. The second-order valence-corrected chi connectivity index (χ2v) is 4.46. The summed E-state index contributed by atoms with van der Waals surface area (Å²) in [6.45, 7) is 5.62. The molecule has 0 unspecified atom stereocenters. The van der Waals surface area contributed by atoms with Gasteiger partial charge in [0.2, 0.25) is 0 Å². The molecule has 1 aromatic carbocycles. The Bertz CT molecular complexity index is 623. The molecule has 1 rings (SSSR count). The number of esters is 3. The van der Waals surface area contributed by atoms with Crippen molar-refractivity contribution < 1.29 is 28.6 Å². The molecule has 1 N–H and O–H groups in total. The van der Waals surface area contributed by atoms with E-state index in [0.717, 1.165) is 6.08 Å². The van der Waals surface area contributed by atoms with Gasteiger partial charge in [0, 0.05) is 5.69 Å².